The van der Waals surface area contributed by atoms with Crippen LogP contribution in [-0.4, -0.2) is 16.5 Å². The summed E-state index contributed by atoms with van der Waals surface area (Å²) in [7, 11) is 1.71. The van der Waals surface area contributed by atoms with Gasteiger partial charge in [-0.1, -0.05) is 0 Å². The average molecular weight is 269 g/mol. The number of fused-ring (bicyclic) bond motifs is 1. The van der Waals surface area contributed by atoms with Crippen LogP contribution in [0.3, 0.4) is 0 Å². The molecular formula is C11H13BrN2O. The monoisotopic (exact) mass is 268 g/mol. The van der Waals surface area contributed by atoms with Crippen molar-refractivity contribution in [3.05, 3.63) is 34.2 Å². The van der Waals surface area contributed by atoms with Crippen LogP contribution in [0, 0.1) is 6.92 Å². The van der Waals surface area contributed by atoms with Gasteiger partial charge in [-0.2, -0.15) is 0 Å². The van der Waals surface area contributed by atoms with Gasteiger partial charge in [0.15, 0.2) is 0 Å². The maximum Gasteiger partial charge on any atom is 0.142 e. The van der Waals surface area contributed by atoms with Gasteiger partial charge in [0.2, 0.25) is 0 Å². The van der Waals surface area contributed by atoms with Gasteiger partial charge in [0.25, 0.3) is 0 Å². The molecule has 2 aromatic heterocycles. The smallest absolute Gasteiger partial charge is 0.142 e. The fraction of sp³-hybridized carbons (Fsp3) is 0.364. The first-order valence-electron chi connectivity index (χ1n) is 4.79. The first-order chi connectivity index (χ1) is 7.11. The van der Waals surface area contributed by atoms with Crippen molar-refractivity contribution in [2.75, 3.05) is 7.11 Å². The Morgan fingerprint density at radius 2 is 2.20 bits per heavy atom. The summed E-state index contributed by atoms with van der Waals surface area (Å²) < 4.78 is 8.39. The zero-order valence-electron chi connectivity index (χ0n) is 8.99. The van der Waals surface area contributed by atoms with E-state index in [1.54, 1.807) is 7.11 Å². The molecule has 1 atom stereocenters. The number of pyridine rings is 1. The molecule has 0 spiro atoms. The molecule has 2 aromatic rings. The zero-order chi connectivity index (χ0) is 11.0. The lowest BCUT2D eigenvalue weighted by molar-refractivity contribution is 0.120. The van der Waals surface area contributed by atoms with E-state index >= 15 is 0 Å². The topological polar surface area (TPSA) is 26.5 Å². The number of aryl methyl sites for hydroxylation is 1. The third kappa shape index (κ3) is 1.92. The minimum absolute atomic E-state index is 0.0480. The molecule has 0 amide bonds. The number of nitrogens with zero attached hydrogens (tertiary/aromatic N) is 2. The van der Waals surface area contributed by atoms with Crippen LogP contribution in [0.15, 0.2) is 22.9 Å². The van der Waals surface area contributed by atoms with Crippen LogP contribution >= 0.6 is 15.9 Å². The van der Waals surface area contributed by atoms with Crippen LogP contribution in [0.5, 0.6) is 0 Å². The van der Waals surface area contributed by atoms with E-state index in [1.807, 2.05) is 30.6 Å². The maximum atomic E-state index is 5.33. The molecule has 80 valence electrons. The number of ether oxygens (including phenoxy) is 1. The van der Waals surface area contributed by atoms with Gasteiger partial charge in [-0.3, -0.25) is 0 Å². The van der Waals surface area contributed by atoms with Crippen molar-refractivity contribution in [1.29, 1.82) is 0 Å². The highest BCUT2D eigenvalue weighted by atomic mass is 79.9. The number of rotatable bonds is 2. The van der Waals surface area contributed by atoms with Gasteiger partial charge >= 0.3 is 0 Å². The minimum atomic E-state index is 0.0480. The summed E-state index contributed by atoms with van der Waals surface area (Å²) in [4.78, 5) is 4.49. The quantitative estimate of drug-likeness (QED) is 0.837. The standard InChI is InChI=1S/C11H13BrN2O/c1-7-5-14-6-9(12)4-10(8(2)15-3)11(14)13-7/h4-6,8H,1-3H3. The fourth-order valence-corrected chi connectivity index (χ4v) is 2.10. The number of methoxy groups -OCH3 is 1. The molecule has 4 heteroatoms. The molecule has 0 aromatic carbocycles. The van der Waals surface area contributed by atoms with Gasteiger partial charge < -0.3 is 9.14 Å². The van der Waals surface area contributed by atoms with Gasteiger partial charge in [0.1, 0.15) is 5.65 Å². The fourth-order valence-electron chi connectivity index (χ4n) is 1.64. The molecule has 3 nitrogen and oxygen atoms in total. The third-order valence-electron chi connectivity index (χ3n) is 2.46. The van der Waals surface area contributed by atoms with Crippen LogP contribution in [0.4, 0.5) is 0 Å². The summed E-state index contributed by atoms with van der Waals surface area (Å²) in [5, 5.41) is 0. The Labute approximate surface area is 97.2 Å². The third-order valence-corrected chi connectivity index (χ3v) is 2.89. The second-order valence-corrected chi connectivity index (χ2v) is 4.52. The molecule has 0 radical (unpaired) electrons. The highest BCUT2D eigenvalue weighted by molar-refractivity contribution is 9.10. The van der Waals surface area contributed by atoms with Gasteiger partial charge in [-0.15, -0.1) is 0 Å². The summed E-state index contributed by atoms with van der Waals surface area (Å²) in [5.41, 5.74) is 3.07. The van der Waals surface area contributed by atoms with E-state index in [2.05, 4.69) is 27.0 Å². The molecule has 0 saturated heterocycles. The number of halogens is 1. The number of hydrogen-bond donors (Lipinski definition) is 0. The maximum absolute atomic E-state index is 5.33. The molecule has 0 fully saturated rings. The van der Waals surface area contributed by atoms with Gasteiger partial charge in [-0.05, 0) is 35.8 Å². The molecule has 15 heavy (non-hydrogen) atoms. The van der Waals surface area contributed by atoms with E-state index in [1.165, 1.54) is 0 Å². The molecule has 2 rings (SSSR count). The summed E-state index contributed by atoms with van der Waals surface area (Å²) in [6.07, 6.45) is 4.06. The van der Waals surface area contributed by atoms with Crippen molar-refractivity contribution in [3.8, 4) is 0 Å². The number of aromatic nitrogens is 2. The van der Waals surface area contributed by atoms with Gasteiger partial charge in [0.05, 0.1) is 11.8 Å². The van der Waals surface area contributed by atoms with Crippen molar-refractivity contribution in [3.63, 3.8) is 0 Å². The minimum Gasteiger partial charge on any atom is -0.377 e. The normalized spacial score (nSPS) is 13.3. The van der Waals surface area contributed by atoms with E-state index in [0.29, 0.717) is 0 Å². The highest BCUT2D eigenvalue weighted by Crippen LogP contribution is 2.24. The molecule has 0 saturated carbocycles. The Kier molecular flexibility index (Phi) is 2.80. The predicted molar refractivity (Wildman–Crippen MR) is 63.1 cm³/mol. The predicted octanol–water partition coefficient (Wildman–Crippen LogP) is 3.11. The van der Waals surface area contributed by atoms with Crippen LogP contribution in [-0.2, 0) is 4.74 Å². The Bertz CT molecular complexity index is 493. The Balaban J connectivity index is 2.70. The lowest BCUT2D eigenvalue weighted by Crippen LogP contribution is -2.00. The van der Waals surface area contributed by atoms with Crippen molar-refractivity contribution in [2.24, 2.45) is 0 Å². The molecule has 0 aliphatic heterocycles. The average Bonchev–Trinajstić information content (AvgIpc) is 2.55. The van der Waals surface area contributed by atoms with Gasteiger partial charge in [0, 0.05) is 29.5 Å². The first kappa shape index (κ1) is 10.6. The summed E-state index contributed by atoms with van der Waals surface area (Å²) in [6, 6.07) is 2.05. The Morgan fingerprint density at radius 1 is 1.47 bits per heavy atom. The molecule has 0 aliphatic carbocycles. The highest BCUT2D eigenvalue weighted by Gasteiger charge is 2.12. The Morgan fingerprint density at radius 3 is 2.87 bits per heavy atom. The number of imidazole rings is 1. The largest absolute Gasteiger partial charge is 0.377 e. The van der Waals surface area contributed by atoms with E-state index in [-0.39, 0.29) is 6.10 Å². The van der Waals surface area contributed by atoms with Crippen molar-refractivity contribution >= 4 is 21.6 Å². The molecule has 0 N–H and O–H groups in total. The lowest BCUT2D eigenvalue weighted by Gasteiger charge is -2.11. The summed E-state index contributed by atoms with van der Waals surface area (Å²) >= 11 is 3.49. The zero-order valence-corrected chi connectivity index (χ0v) is 10.6. The molecular weight excluding hydrogens is 256 g/mol. The molecule has 1 unspecified atom stereocenters. The first-order valence-corrected chi connectivity index (χ1v) is 5.58. The SMILES string of the molecule is COC(C)c1cc(Br)cn2cc(C)nc12. The second-order valence-electron chi connectivity index (χ2n) is 3.60. The van der Waals surface area contributed by atoms with Crippen LogP contribution in [0.1, 0.15) is 24.3 Å². The van der Waals surface area contributed by atoms with E-state index in [4.69, 9.17) is 4.74 Å². The van der Waals surface area contributed by atoms with Crippen molar-refractivity contribution in [1.82, 2.24) is 9.38 Å². The van der Waals surface area contributed by atoms with Crippen LogP contribution < -0.4 is 0 Å². The Hall–Kier alpha value is -0.870. The molecule has 2 heterocycles. The second kappa shape index (κ2) is 3.94. The van der Waals surface area contributed by atoms with Crippen molar-refractivity contribution in [2.45, 2.75) is 20.0 Å². The molecule has 0 aliphatic rings. The van der Waals surface area contributed by atoms with Gasteiger partial charge in [-0.25, -0.2) is 4.98 Å². The summed E-state index contributed by atoms with van der Waals surface area (Å²) in [5.74, 6) is 0. The lowest BCUT2D eigenvalue weighted by atomic mass is 10.2. The van der Waals surface area contributed by atoms with Crippen molar-refractivity contribution < 1.29 is 4.74 Å². The van der Waals surface area contributed by atoms with E-state index in [0.717, 1.165) is 21.4 Å². The summed E-state index contributed by atoms with van der Waals surface area (Å²) in [6.45, 7) is 4.01. The van der Waals surface area contributed by atoms with Crippen LogP contribution in [0.25, 0.3) is 5.65 Å². The van der Waals surface area contributed by atoms with E-state index in [9.17, 15) is 0 Å². The van der Waals surface area contributed by atoms with E-state index < -0.39 is 0 Å². The van der Waals surface area contributed by atoms with Crippen LogP contribution in [0.2, 0.25) is 0 Å². The molecule has 0 bridgehead atoms. The number of hydrogen-bond acceptors (Lipinski definition) is 2.